The molecule has 0 aliphatic carbocycles. The second kappa shape index (κ2) is 9.28. The Bertz CT molecular complexity index is 403. The van der Waals surface area contributed by atoms with Crippen LogP contribution >= 0.6 is 0 Å². The summed E-state index contributed by atoms with van der Waals surface area (Å²) in [5.74, 6) is 0.534. The van der Waals surface area contributed by atoms with Crippen LogP contribution in [0, 0.1) is 0 Å². The van der Waals surface area contributed by atoms with E-state index in [2.05, 4.69) is 36.1 Å². The van der Waals surface area contributed by atoms with Gasteiger partial charge < -0.3 is 10.2 Å². The molecule has 5 heteroatoms. The number of nitrogens with zero attached hydrogens (tertiary/aromatic N) is 3. The van der Waals surface area contributed by atoms with Gasteiger partial charge in [0.2, 0.25) is 5.95 Å². The first-order valence-corrected chi connectivity index (χ1v) is 7.59. The smallest absolute Gasteiger partial charge is 0.272 e. The largest absolute Gasteiger partial charge is 0.354 e. The number of amides is 1. The number of carbonyl (C=O) groups is 1. The molecule has 112 valence electrons. The van der Waals surface area contributed by atoms with Gasteiger partial charge in [-0.2, -0.15) is 0 Å². The maximum Gasteiger partial charge on any atom is 0.272 e. The summed E-state index contributed by atoms with van der Waals surface area (Å²) in [6.45, 7) is 8.67. The fraction of sp³-hybridized carbons (Fsp3) is 0.667. The molecule has 20 heavy (non-hydrogen) atoms. The van der Waals surface area contributed by atoms with Gasteiger partial charge in [0.1, 0.15) is 5.69 Å². The van der Waals surface area contributed by atoms with Crippen molar-refractivity contribution in [2.75, 3.05) is 25.0 Å². The normalized spacial score (nSPS) is 10.3. The maximum atomic E-state index is 12.4. The van der Waals surface area contributed by atoms with Crippen LogP contribution in [-0.4, -0.2) is 40.4 Å². The van der Waals surface area contributed by atoms with Crippen LogP contribution in [0.5, 0.6) is 0 Å². The molecule has 0 saturated carbocycles. The lowest BCUT2D eigenvalue weighted by Crippen LogP contribution is -2.33. The molecule has 0 radical (unpaired) electrons. The van der Waals surface area contributed by atoms with Crippen molar-refractivity contribution in [2.24, 2.45) is 0 Å². The maximum absolute atomic E-state index is 12.4. The predicted molar refractivity (Wildman–Crippen MR) is 81.9 cm³/mol. The van der Waals surface area contributed by atoms with E-state index in [4.69, 9.17) is 0 Å². The van der Waals surface area contributed by atoms with Crippen LogP contribution in [0.3, 0.4) is 0 Å². The number of hydrogen-bond acceptors (Lipinski definition) is 4. The van der Waals surface area contributed by atoms with Crippen LogP contribution in [0.15, 0.2) is 12.3 Å². The number of rotatable bonds is 9. The zero-order valence-electron chi connectivity index (χ0n) is 12.9. The number of anilines is 1. The van der Waals surface area contributed by atoms with E-state index in [1.807, 2.05) is 4.90 Å². The minimum Gasteiger partial charge on any atom is -0.354 e. The molecule has 0 unspecified atom stereocenters. The van der Waals surface area contributed by atoms with E-state index >= 15 is 0 Å². The van der Waals surface area contributed by atoms with Gasteiger partial charge in [-0.25, -0.2) is 9.97 Å². The monoisotopic (exact) mass is 278 g/mol. The Morgan fingerprint density at radius 2 is 1.90 bits per heavy atom. The predicted octanol–water partition coefficient (Wildman–Crippen LogP) is 2.95. The summed E-state index contributed by atoms with van der Waals surface area (Å²) < 4.78 is 0. The molecule has 0 spiro atoms. The molecule has 0 atom stereocenters. The molecule has 0 fully saturated rings. The Morgan fingerprint density at radius 1 is 1.20 bits per heavy atom. The van der Waals surface area contributed by atoms with E-state index in [1.165, 1.54) is 0 Å². The highest BCUT2D eigenvalue weighted by molar-refractivity contribution is 5.92. The molecule has 1 amide bonds. The molecular formula is C15H26N4O. The lowest BCUT2D eigenvalue weighted by atomic mass is 10.3. The highest BCUT2D eigenvalue weighted by atomic mass is 16.2. The van der Waals surface area contributed by atoms with Crippen LogP contribution < -0.4 is 5.32 Å². The highest BCUT2D eigenvalue weighted by Crippen LogP contribution is 2.06. The summed E-state index contributed by atoms with van der Waals surface area (Å²) >= 11 is 0. The molecule has 0 aliphatic heterocycles. The minimum atomic E-state index is -0.00496. The highest BCUT2D eigenvalue weighted by Gasteiger charge is 2.16. The van der Waals surface area contributed by atoms with E-state index in [1.54, 1.807) is 12.3 Å². The van der Waals surface area contributed by atoms with Crippen LogP contribution in [0.2, 0.25) is 0 Å². The Kier molecular flexibility index (Phi) is 7.62. The van der Waals surface area contributed by atoms with E-state index in [-0.39, 0.29) is 5.91 Å². The van der Waals surface area contributed by atoms with Gasteiger partial charge in [-0.3, -0.25) is 4.79 Å². The van der Waals surface area contributed by atoms with Crippen molar-refractivity contribution >= 4 is 11.9 Å². The molecule has 0 bridgehead atoms. The van der Waals surface area contributed by atoms with E-state index < -0.39 is 0 Å². The first kappa shape index (κ1) is 16.4. The number of nitrogens with one attached hydrogen (secondary N) is 1. The Morgan fingerprint density at radius 3 is 2.50 bits per heavy atom. The topological polar surface area (TPSA) is 58.1 Å². The second-order valence-corrected chi connectivity index (χ2v) is 4.84. The van der Waals surface area contributed by atoms with E-state index in [9.17, 15) is 4.79 Å². The SMILES string of the molecule is CCCCNc1nccc(C(=O)N(CCC)CCC)n1. The van der Waals surface area contributed by atoms with Crippen molar-refractivity contribution in [1.82, 2.24) is 14.9 Å². The van der Waals surface area contributed by atoms with Gasteiger partial charge in [0.25, 0.3) is 5.91 Å². The lowest BCUT2D eigenvalue weighted by Gasteiger charge is -2.21. The first-order valence-electron chi connectivity index (χ1n) is 7.59. The summed E-state index contributed by atoms with van der Waals surface area (Å²) in [6.07, 6.45) is 5.74. The lowest BCUT2D eigenvalue weighted by molar-refractivity contribution is 0.0749. The third kappa shape index (κ3) is 5.15. The number of aromatic nitrogens is 2. The summed E-state index contributed by atoms with van der Waals surface area (Å²) in [4.78, 5) is 22.7. The standard InChI is InChI=1S/C15H26N4O/c1-4-7-9-16-15-17-10-8-13(18-15)14(20)19(11-5-2)12-6-3/h8,10H,4-7,9,11-12H2,1-3H3,(H,16,17,18). The van der Waals surface area contributed by atoms with Crippen LogP contribution in [0.4, 0.5) is 5.95 Å². The van der Waals surface area contributed by atoms with Gasteiger partial charge in [0.05, 0.1) is 0 Å². The van der Waals surface area contributed by atoms with Gasteiger partial charge in [-0.15, -0.1) is 0 Å². The van der Waals surface area contributed by atoms with Crippen molar-refractivity contribution in [3.05, 3.63) is 18.0 Å². The molecule has 0 aliphatic rings. The zero-order valence-corrected chi connectivity index (χ0v) is 12.9. The Labute approximate surface area is 121 Å². The van der Waals surface area contributed by atoms with E-state index in [0.29, 0.717) is 11.6 Å². The Hall–Kier alpha value is -1.65. The van der Waals surface area contributed by atoms with Crippen LogP contribution in [-0.2, 0) is 0 Å². The van der Waals surface area contributed by atoms with Crippen LogP contribution in [0.1, 0.15) is 56.9 Å². The van der Waals surface area contributed by atoms with Crippen LogP contribution in [0.25, 0.3) is 0 Å². The Balaban J connectivity index is 2.73. The van der Waals surface area contributed by atoms with Crippen molar-refractivity contribution in [3.8, 4) is 0 Å². The number of unbranched alkanes of at least 4 members (excludes halogenated alkanes) is 1. The van der Waals surface area contributed by atoms with Crippen molar-refractivity contribution in [3.63, 3.8) is 0 Å². The molecule has 1 N–H and O–H groups in total. The second-order valence-electron chi connectivity index (χ2n) is 4.84. The fourth-order valence-corrected chi connectivity index (χ4v) is 1.96. The first-order chi connectivity index (χ1) is 9.72. The number of hydrogen-bond donors (Lipinski definition) is 1. The molecule has 0 aromatic carbocycles. The molecule has 5 nitrogen and oxygen atoms in total. The molecule has 0 saturated heterocycles. The third-order valence-electron chi connectivity index (χ3n) is 2.96. The average molecular weight is 278 g/mol. The molecule has 1 rings (SSSR count). The van der Waals surface area contributed by atoms with Gasteiger partial charge in [-0.1, -0.05) is 27.2 Å². The molecule has 1 heterocycles. The quantitative estimate of drug-likeness (QED) is 0.706. The zero-order chi connectivity index (χ0) is 14.8. The van der Waals surface area contributed by atoms with Crippen molar-refractivity contribution in [1.29, 1.82) is 0 Å². The molecule has 1 aromatic heterocycles. The molecular weight excluding hydrogens is 252 g/mol. The minimum absolute atomic E-state index is 0.00496. The fourth-order valence-electron chi connectivity index (χ4n) is 1.96. The van der Waals surface area contributed by atoms with E-state index in [0.717, 1.165) is 45.3 Å². The summed E-state index contributed by atoms with van der Waals surface area (Å²) in [5.41, 5.74) is 0.473. The van der Waals surface area contributed by atoms with Crippen molar-refractivity contribution in [2.45, 2.75) is 46.5 Å². The van der Waals surface area contributed by atoms with Gasteiger partial charge in [0.15, 0.2) is 0 Å². The van der Waals surface area contributed by atoms with Crippen molar-refractivity contribution < 1.29 is 4.79 Å². The summed E-state index contributed by atoms with van der Waals surface area (Å²) in [5, 5.41) is 3.15. The van der Waals surface area contributed by atoms with Gasteiger partial charge in [-0.05, 0) is 25.3 Å². The third-order valence-corrected chi connectivity index (χ3v) is 2.96. The average Bonchev–Trinajstić information content (AvgIpc) is 2.47. The summed E-state index contributed by atoms with van der Waals surface area (Å²) in [6, 6.07) is 1.69. The van der Waals surface area contributed by atoms with Gasteiger partial charge >= 0.3 is 0 Å². The van der Waals surface area contributed by atoms with Gasteiger partial charge in [0, 0.05) is 25.8 Å². The summed E-state index contributed by atoms with van der Waals surface area (Å²) in [7, 11) is 0. The number of carbonyl (C=O) groups excluding carboxylic acids is 1. The molecule has 1 aromatic rings.